The number of halogens is 3. The van der Waals surface area contributed by atoms with Gasteiger partial charge in [0, 0.05) is 0 Å². The third kappa shape index (κ3) is 2.03. The molecule has 1 aromatic carbocycles. The van der Waals surface area contributed by atoms with Crippen LogP contribution >= 0.6 is 23.2 Å². The first kappa shape index (κ1) is 11.4. The summed E-state index contributed by atoms with van der Waals surface area (Å²) in [5, 5.41) is 3.25. The Labute approximate surface area is 101 Å². The number of hydrogen-bond donors (Lipinski definition) is 0. The number of alkyl halides is 1. The standard InChI is InChI=1S/C10H7Cl2FN2O/c1-5(11)9-14-10(16-15-9)6-3-2-4-7(13)8(6)12/h2-5H,1H3. The van der Waals surface area contributed by atoms with Gasteiger partial charge in [-0.05, 0) is 19.1 Å². The average molecular weight is 261 g/mol. The van der Waals surface area contributed by atoms with E-state index in [1.54, 1.807) is 13.0 Å². The molecule has 0 saturated carbocycles. The summed E-state index contributed by atoms with van der Waals surface area (Å²) in [6, 6.07) is 4.37. The minimum absolute atomic E-state index is 0.0417. The summed E-state index contributed by atoms with van der Waals surface area (Å²) in [4.78, 5) is 4.02. The Bertz CT molecular complexity index is 513. The number of hydrogen-bond acceptors (Lipinski definition) is 3. The van der Waals surface area contributed by atoms with Crippen LogP contribution in [0.25, 0.3) is 11.5 Å². The molecule has 0 N–H and O–H groups in total. The average Bonchev–Trinajstić information content (AvgIpc) is 2.71. The van der Waals surface area contributed by atoms with Gasteiger partial charge in [-0.3, -0.25) is 0 Å². The predicted octanol–water partition coefficient (Wildman–Crippen LogP) is 3.83. The Morgan fingerprint density at radius 1 is 1.44 bits per heavy atom. The molecule has 0 amide bonds. The highest BCUT2D eigenvalue weighted by Gasteiger charge is 2.16. The second-order valence-electron chi connectivity index (χ2n) is 3.18. The molecule has 6 heteroatoms. The van der Waals surface area contributed by atoms with Gasteiger partial charge in [0.15, 0.2) is 5.82 Å². The number of nitrogens with zero attached hydrogens (tertiary/aromatic N) is 2. The summed E-state index contributed by atoms with van der Waals surface area (Å²) >= 11 is 11.6. The highest BCUT2D eigenvalue weighted by molar-refractivity contribution is 6.33. The summed E-state index contributed by atoms with van der Waals surface area (Å²) in [5.41, 5.74) is 0.359. The van der Waals surface area contributed by atoms with Crippen molar-refractivity contribution in [2.45, 2.75) is 12.3 Å². The summed E-state index contributed by atoms with van der Waals surface area (Å²) in [6.45, 7) is 1.71. The first-order valence-electron chi connectivity index (χ1n) is 4.51. The van der Waals surface area contributed by atoms with Crippen molar-refractivity contribution in [2.75, 3.05) is 0 Å². The SMILES string of the molecule is CC(Cl)c1noc(-c2cccc(F)c2Cl)n1. The van der Waals surface area contributed by atoms with E-state index >= 15 is 0 Å². The van der Waals surface area contributed by atoms with E-state index in [9.17, 15) is 4.39 Å². The summed E-state index contributed by atoms with van der Waals surface area (Å²) < 4.78 is 18.1. The highest BCUT2D eigenvalue weighted by atomic mass is 35.5. The maximum Gasteiger partial charge on any atom is 0.259 e. The Morgan fingerprint density at radius 2 is 2.19 bits per heavy atom. The fraction of sp³-hybridized carbons (Fsp3) is 0.200. The van der Waals surface area contributed by atoms with Gasteiger partial charge >= 0.3 is 0 Å². The van der Waals surface area contributed by atoms with E-state index in [0.717, 1.165) is 0 Å². The number of aromatic nitrogens is 2. The van der Waals surface area contributed by atoms with Gasteiger partial charge in [-0.2, -0.15) is 4.98 Å². The molecule has 0 aliphatic rings. The largest absolute Gasteiger partial charge is 0.334 e. The van der Waals surface area contributed by atoms with Gasteiger partial charge in [0.05, 0.1) is 16.0 Å². The highest BCUT2D eigenvalue weighted by Crippen LogP contribution is 2.29. The van der Waals surface area contributed by atoms with Gasteiger partial charge in [0.1, 0.15) is 5.82 Å². The minimum atomic E-state index is -0.530. The van der Waals surface area contributed by atoms with Crippen molar-refractivity contribution in [3.8, 4) is 11.5 Å². The zero-order valence-electron chi connectivity index (χ0n) is 8.25. The predicted molar refractivity (Wildman–Crippen MR) is 59.0 cm³/mol. The van der Waals surface area contributed by atoms with Crippen LogP contribution in [0.15, 0.2) is 22.7 Å². The molecular formula is C10H7Cl2FN2O. The van der Waals surface area contributed by atoms with Crippen molar-refractivity contribution in [3.05, 3.63) is 34.9 Å². The molecule has 1 unspecified atom stereocenters. The second-order valence-corrected chi connectivity index (χ2v) is 4.21. The van der Waals surface area contributed by atoms with Crippen LogP contribution in [0, 0.1) is 5.82 Å². The van der Waals surface area contributed by atoms with Crippen LogP contribution in [0.1, 0.15) is 18.1 Å². The molecule has 2 rings (SSSR count). The molecule has 0 aliphatic carbocycles. The molecule has 0 spiro atoms. The van der Waals surface area contributed by atoms with Gasteiger partial charge in [0.2, 0.25) is 0 Å². The molecule has 0 saturated heterocycles. The van der Waals surface area contributed by atoms with Crippen LogP contribution in [0.5, 0.6) is 0 Å². The smallest absolute Gasteiger partial charge is 0.259 e. The van der Waals surface area contributed by atoms with E-state index in [2.05, 4.69) is 10.1 Å². The summed E-state index contributed by atoms with van der Waals surface area (Å²) in [6.07, 6.45) is 0. The number of benzene rings is 1. The van der Waals surface area contributed by atoms with Crippen LogP contribution < -0.4 is 0 Å². The Morgan fingerprint density at radius 3 is 2.81 bits per heavy atom. The monoisotopic (exact) mass is 260 g/mol. The second kappa shape index (κ2) is 4.39. The van der Waals surface area contributed by atoms with Crippen molar-refractivity contribution >= 4 is 23.2 Å². The van der Waals surface area contributed by atoms with E-state index in [1.807, 2.05) is 0 Å². The Balaban J connectivity index is 2.47. The van der Waals surface area contributed by atoms with Gasteiger partial charge in [-0.15, -0.1) is 11.6 Å². The molecule has 1 heterocycles. The van der Waals surface area contributed by atoms with E-state index in [-0.39, 0.29) is 16.3 Å². The molecule has 0 bridgehead atoms. The van der Waals surface area contributed by atoms with Gasteiger partial charge in [-0.1, -0.05) is 22.8 Å². The maximum atomic E-state index is 13.2. The van der Waals surface area contributed by atoms with E-state index in [1.165, 1.54) is 12.1 Å². The molecule has 2 aromatic rings. The first-order valence-corrected chi connectivity index (χ1v) is 5.33. The molecule has 0 aliphatic heterocycles. The van der Waals surface area contributed by atoms with Gasteiger partial charge in [0.25, 0.3) is 5.89 Å². The Kier molecular flexibility index (Phi) is 3.12. The van der Waals surface area contributed by atoms with E-state index in [0.29, 0.717) is 11.4 Å². The molecule has 16 heavy (non-hydrogen) atoms. The molecule has 1 aromatic heterocycles. The van der Waals surface area contributed by atoms with Crippen LogP contribution in [0.3, 0.4) is 0 Å². The molecule has 3 nitrogen and oxygen atoms in total. The molecule has 1 atom stereocenters. The third-order valence-corrected chi connectivity index (χ3v) is 2.56. The quantitative estimate of drug-likeness (QED) is 0.771. The summed E-state index contributed by atoms with van der Waals surface area (Å²) in [5.74, 6) is -0.0261. The molecular weight excluding hydrogens is 254 g/mol. The normalized spacial score (nSPS) is 12.8. The first-order chi connectivity index (χ1) is 7.59. The van der Waals surface area contributed by atoms with Crippen LogP contribution in [0.2, 0.25) is 5.02 Å². The van der Waals surface area contributed by atoms with Gasteiger partial charge < -0.3 is 4.52 Å². The van der Waals surface area contributed by atoms with Crippen LogP contribution in [-0.4, -0.2) is 10.1 Å². The van der Waals surface area contributed by atoms with Crippen molar-refractivity contribution in [1.82, 2.24) is 10.1 Å². The van der Waals surface area contributed by atoms with Crippen molar-refractivity contribution in [1.29, 1.82) is 0 Å². The molecule has 0 radical (unpaired) electrons. The molecule has 84 valence electrons. The lowest BCUT2D eigenvalue weighted by Crippen LogP contribution is -1.87. The zero-order valence-corrected chi connectivity index (χ0v) is 9.76. The Hall–Kier alpha value is -1.13. The maximum absolute atomic E-state index is 13.2. The van der Waals surface area contributed by atoms with E-state index < -0.39 is 5.82 Å². The topological polar surface area (TPSA) is 38.9 Å². The molecule has 0 fully saturated rings. The van der Waals surface area contributed by atoms with Crippen molar-refractivity contribution < 1.29 is 8.91 Å². The number of rotatable bonds is 2. The lowest BCUT2D eigenvalue weighted by molar-refractivity contribution is 0.422. The fourth-order valence-corrected chi connectivity index (χ4v) is 1.47. The minimum Gasteiger partial charge on any atom is -0.334 e. The zero-order chi connectivity index (χ0) is 11.7. The van der Waals surface area contributed by atoms with Gasteiger partial charge in [-0.25, -0.2) is 4.39 Å². The summed E-state index contributed by atoms with van der Waals surface area (Å²) in [7, 11) is 0. The van der Waals surface area contributed by atoms with Crippen LogP contribution in [-0.2, 0) is 0 Å². The van der Waals surface area contributed by atoms with Crippen molar-refractivity contribution in [2.24, 2.45) is 0 Å². The lowest BCUT2D eigenvalue weighted by Gasteiger charge is -1.98. The fourth-order valence-electron chi connectivity index (χ4n) is 1.17. The lowest BCUT2D eigenvalue weighted by atomic mass is 10.2. The third-order valence-electron chi connectivity index (χ3n) is 1.98. The van der Waals surface area contributed by atoms with E-state index in [4.69, 9.17) is 27.7 Å². The van der Waals surface area contributed by atoms with Crippen molar-refractivity contribution in [3.63, 3.8) is 0 Å². The van der Waals surface area contributed by atoms with Crippen LogP contribution in [0.4, 0.5) is 4.39 Å².